The highest BCUT2D eigenvalue weighted by atomic mass is 15.2. The van der Waals surface area contributed by atoms with E-state index in [1.165, 1.54) is 166 Å². The van der Waals surface area contributed by atoms with Gasteiger partial charge in [0, 0.05) is 78.1 Å². The van der Waals surface area contributed by atoms with Crippen LogP contribution in [0.1, 0.15) is 33.4 Å². The lowest BCUT2D eigenvalue weighted by Gasteiger charge is -2.44. The number of fused-ring (bicyclic) bond motifs is 14. The van der Waals surface area contributed by atoms with Gasteiger partial charge in [0.15, 0.2) is 0 Å². The van der Waals surface area contributed by atoms with Crippen molar-refractivity contribution in [1.29, 1.82) is 0 Å². The molecule has 6 heterocycles. The summed E-state index contributed by atoms with van der Waals surface area (Å²) >= 11 is 0. The molecular weight excluding hydrogens is 942 g/mol. The molecule has 0 N–H and O–H groups in total. The Bertz CT molecular complexity index is 4480. The fraction of sp³-hybridized carbons (Fsp3) is 0.0833. The molecule has 4 aliphatic rings. The van der Waals surface area contributed by atoms with Crippen molar-refractivity contribution < 1.29 is 0 Å². The minimum Gasteiger partial charge on any atom is -0.311 e. The lowest BCUT2D eigenvalue weighted by Crippen LogP contribution is -2.64. The number of nitrogens with zero attached hydrogens (tertiary/aromatic N) is 4. The standard InChI is InChI=1S/C72H52B2N4/c1-41-31-43(3)67(44(4)32-41)47-35-63-69-65(37-47)77-59-29-15-13-23-51(59)53-25-17-27-55(71(53)77)73(69)57-39-58-62(40-61(57)75(63)49-19-9-7-10-20-49)76(50-21-11-8-12-22-50)64-36-48(68-45(5)33-42(2)34-46(68)6)38-66-70(64)74(58)56-28-18-26-54-52-24-14-16-30-60(52)78(66)72(54)56/h7-40H,1-6H3. The first kappa shape index (κ1) is 43.9. The molecule has 17 rings (SSSR count). The predicted molar refractivity (Wildman–Crippen MR) is 333 cm³/mol. The molecule has 0 amide bonds. The number of benzene rings is 11. The number of aromatic nitrogens is 2. The Kier molecular flexibility index (Phi) is 8.83. The van der Waals surface area contributed by atoms with Gasteiger partial charge in [-0.25, -0.2) is 0 Å². The van der Waals surface area contributed by atoms with Gasteiger partial charge in [0.25, 0.3) is 13.4 Å². The largest absolute Gasteiger partial charge is 0.311 e. The number of aryl methyl sites for hydroxylation is 6. The van der Waals surface area contributed by atoms with Crippen LogP contribution in [0, 0.1) is 41.5 Å². The Hall–Kier alpha value is -9.25. The zero-order chi connectivity index (χ0) is 52.0. The fourth-order valence-corrected chi connectivity index (χ4v) is 15.6. The lowest BCUT2D eigenvalue weighted by atomic mass is 9.30. The Balaban J connectivity index is 1.04. The highest BCUT2D eigenvalue weighted by Gasteiger charge is 2.47. The van der Waals surface area contributed by atoms with Crippen LogP contribution in [0.5, 0.6) is 0 Å². The van der Waals surface area contributed by atoms with E-state index in [-0.39, 0.29) is 13.4 Å². The van der Waals surface area contributed by atoms with Crippen molar-refractivity contribution in [3.63, 3.8) is 0 Å². The first-order valence-corrected chi connectivity index (χ1v) is 27.7. The maximum absolute atomic E-state index is 2.67. The van der Waals surface area contributed by atoms with Crippen molar-refractivity contribution in [2.45, 2.75) is 41.5 Å². The van der Waals surface area contributed by atoms with Gasteiger partial charge < -0.3 is 18.9 Å². The van der Waals surface area contributed by atoms with E-state index in [2.05, 4.69) is 267 Å². The van der Waals surface area contributed by atoms with Crippen molar-refractivity contribution in [2.75, 3.05) is 9.80 Å². The average Bonchev–Trinajstić information content (AvgIpc) is 3.63. The first-order chi connectivity index (χ1) is 38.2. The molecule has 78 heavy (non-hydrogen) atoms. The third kappa shape index (κ3) is 5.71. The Morgan fingerprint density at radius 2 is 0.667 bits per heavy atom. The number of rotatable bonds is 4. The molecule has 13 aromatic rings. The molecule has 0 radical (unpaired) electrons. The summed E-state index contributed by atoms with van der Waals surface area (Å²) in [6.45, 7) is 13.5. The van der Waals surface area contributed by atoms with E-state index >= 15 is 0 Å². The Morgan fingerprint density at radius 3 is 1.09 bits per heavy atom. The second-order valence-corrected chi connectivity index (χ2v) is 22.8. The molecule has 11 aromatic carbocycles. The highest BCUT2D eigenvalue weighted by molar-refractivity contribution is 7.03. The third-order valence-corrected chi connectivity index (χ3v) is 18.1. The Labute approximate surface area is 455 Å². The molecule has 2 aromatic heterocycles. The van der Waals surface area contributed by atoms with Crippen molar-refractivity contribution in [3.05, 3.63) is 240 Å². The summed E-state index contributed by atoms with van der Waals surface area (Å²) in [6.07, 6.45) is 0. The van der Waals surface area contributed by atoms with E-state index in [1.54, 1.807) is 0 Å². The summed E-state index contributed by atoms with van der Waals surface area (Å²) in [6, 6.07) is 79.4. The van der Waals surface area contributed by atoms with Crippen LogP contribution in [0.2, 0.25) is 0 Å². The summed E-state index contributed by atoms with van der Waals surface area (Å²) in [5.74, 6) is 0. The summed E-state index contributed by atoms with van der Waals surface area (Å²) in [5.41, 5.74) is 35.5. The van der Waals surface area contributed by atoms with Gasteiger partial charge in [0.2, 0.25) is 0 Å². The van der Waals surface area contributed by atoms with Crippen LogP contribution in [0.25, 0.3) is 77.2 Å². The van der Waals surface area contributed by atoms with Crippen LogP contribution in [-0.2, 0) is 0 Å². The fourth-order valence-electron chi connectivity index (χ4n) is 15.6. The highest BCUT2D eigenvalue weighted by Crippen LogP contribution is 2.49. The summed E-state index contributed by atoms with van der Waals surface area (Å²) in [7, 11) is 0. The normalized spacial score (nSPS) is 13.4. The van der Waals surface area contributed by atoms with Gasteiger partial charge in [0.1, 0.15) is 0 Å². The molecule has 4 nitrogen and oxygen atoms in total. The minimum atomic E-state index is -0.0585. The van der Waals surface area contributed by atoms with E-state index < -0.39 is 0 Å². The third-order valence-electron chi connectivity index (χ3n) is 18.1. The Morgan fingerprint density at radius 1 is 0.295 bits per heavy atom. The molecule has 0 spiro atoms. The van der Waals surface area contributed by atoms with Crippen LogP contribution in [-0.4, -0.2) is 22.6 Å². The van der Waals surface area contributed by atoms with E-state index in [4.69, 9.17) is 0 Å². The SMILES string of the molecule is Cc1cc(C)c(-c2cc3c4c(c2)-n2c5ccccc5c5cccc(c52)B4c2cc4c(cc2N3c2ccccc2)N(c2ccccc2)c2cc(-c3c(C)cc(C)cc3C)cc3c2B4c2cccc4c5ccccc5n-3c24)c(C)c1. The molecule has 0 saturated carbocycles. The van der Waals surface area contributed by atoms with Gasteiger partial charge in [-0.1, -0.05) is 151 Å². The molecule has 0 unspecified atom stereocenters. The van der Waals surface area contributed by atoms with Crippen molar-refractivity contribution in [3.8, 4) is 33.6 Å². The molecule has 0 fully saturated rings. The van der Waals surface area contributed by atoms with Crippen LogP contribution < -0.4 is 42.6 Å². The number of hydrogen-bond donors (Lipinski definition) is 0. The van der Waals surface area contributed by atoms with Gasteiger partial charge in [-0.15, -0.1) is 0 Å². The zero-order valence-electron chi connectivity index (χ0n) is 44.6. The molecule has 6 heteroatoms. The van der Waals surface area contributed by atoms with Crippen molar-refractivity contribution >= 4 is 124 Å². The van der Waals surface area contributed by atoms with Crippen LogP contribution >= 0.6 is 0 Å². The summed E-state index contributed by atoms with van der Waals surface area (Å²) in [4.78, 5) is 5.23. The molecular formula is C72H52B2N4. The van der Waals surface area contributed by atoms with Crippen molar-refractivity contribution in [1.82, 2.24) is 9.13 Å². The quantitative estimate of drug-likeness (QED) is 0.163. The molecule has 0 atom stereocenters. The molecule has 4 aliphatic heterocycles. The smallest absolute Gasteiger partial charge is 0.252 e. The maximum atomic E-state index is 2.67. The number of para-hydroxylation sites is 6. The minimum absolute atomic E-state index is 0.0585. The van der Waals surface area contributed by atoms with E-state index in [1.807, 2.05) is 0 Å². The summed E-state index contributed by atoms with van der Waals surface area (Å²) in [5, 5.41) is 5.15. The van der Waals surface area contributed by atoms with Gasteiger partial charge in [0.05, 0.1) is 11.0 Å². The average molecular weight is 995 g/mol. The second kappa shape index (κ2) is 15.7. The number of hydrogen-bond acceptors (Lipinski definition) is 2. The summed E-state index contributed by atoms with van der Waals surface area (Å²) < 4.78 is 5.22. The monoisotopic (exact) mass is 994 g/mol. The van der Waals surface area contributed by atoms with Crippen LogP contribution in [0.4, 0.5) is 34.1 Å². The zero-order valence-corrected chi connectivity index (χ0v) is 44.6. The maximum Gasteiger partial charge on any atom is 0.252 e. The van der Waals surface area contributed by atoms with E-state index in [9.17, 15) is 0 Å². The van der Waals surface area contributed by atoms with Crippen LogP contribution in [0.3, 0.4) is 0 Å². The molecule has 0 saturated heterocycles. The van der Waals surface area contributed by atoms with E-state index in [0.717, 1.165) is 11.4 Å². The topological polar surface area (TPSA) is 16.3 Å². The van der Waals surface area contributed by atoms with Gasteiger partial charge >= 0.3 is 0 Å². The lowest BCUT2D eigenvalue weighted by molar-refractivity contribution is 1.17. The van der Waals surface area contributed by atoms with Gasteiger partial charge in [-0.3, -0.25) is 0 Å². The first-order valence-electron chi connectivity index (χ1n) is 27.7. The molecule has 0 bridgehead atoms. The van der Waals surface area contributed by atoms with E-state index in [0.29, 0.717) is 0 Å². The molecule has 366 valence electrons. The van der Waals surface area contributed by atoms with Gasteiger partial charge in [-0.2, -0.15) is 0 Å². The van der Waals surface area contributed by atoms with Crippen LogP contribution in [0.15, 0.2) is 206 Å². The van der Waals surface area contributed by atoms with Crippen molar-refractivity contribution in [2.24, 2.45) is 0 Å². The second-order valence-electron chi connectivity index (χ2n) is 22.8. The predicted octanol–water partition coefficient (Wildman–Crippen LogP) is 14.3. The number of anilines is 6. The van der Waals surface area contributed by atoms with Gasteiger partial charge in [-0.05, 0) is 186 Å². The molecule has 0 aliphatic carbocycles.